The number of halogens is 1. The maximum Gasteiger partial charge on any atom is 0.123 e. The van der Waals surface area contributed by atoms with Gasteiger partial charge < -0.3 is 9.88 Å². The Bertz CT molecular complexity index is 519. The van der Waals surface area contributed by atoms with Gasteiger partial charge >= 0.3 is 0 Å². The summed E-state index contributed by atoms with van der Waals surface area (Å²) < 4.78 is 15.1. The monoisotopic (exact) mass is 275 g/mol. The Labute approximate surface area is 119 Å². The highest BCUT2D eigenvalue weighted by atomic mass is 19.1. The summed E-state index contributed by atoms with van der Waals surface area (Å²) in [6.45, 7) is 3.95. The average molecular weight is 275 g/mol. The second kappa shape index (κ2) is 7.20. The van der Waals surface area contributed by atoms with Crippen molar-refractivity contribution < 1.29 is 4.39 Å². The Kier molecular flexibility index (Phi) is 5.30. The van der Waals surface area contributed by atoms with Crippen molar-refractivity contribution >= 4 is 0 Å². The van der Waals surface area contributed by atoms with E-state index >= 15 is 0 Å². The average Bonchev–Trinajstić information content (AvgIpc) is 2.86. The number of hydrogen-bond acceptors (Lipinski definition) is 2. The van der Waals surface area contributed by atoms with E-state index in [1.165, 1.54) is 17.7 Å². The van der Waals surface area contributed by atoms with E-state index in [0.717, 1.165) is 31.8 Å². The number of benzene rings is 1. The number of aryl methyl sites for hydroxylation is 2. The van der Waals surface area contributed by atoms with Gasteiger partial charge in [-0.1, -0.05) is 19.1 Å². The molecule has 2 rings (SSSR count). The molecule has 108 valence electrons. The molecule has 1 aromatic heterocycles. The standard InChI is InChI=1S/C16H22FN3/c1-3-18-12-14(13-4-7-15(17)8-5-13)6-9-16-19-10-11-20(16)2/h4-5,7-8,10-11,14,18H,3,6,9,12H2,1-2H3. The van der Waals surface area contributed by atoms with Crippen molar-refractivity contribution in [1.29, 1.82) is 0 Å². The molecule has 0 aliphatic rings. The first kappa shape index (κ1) is 14.7. The van der Waals surface area contributed by atoms with E-state index in [2.05, 4.69) is 21.8 Å². The van der Waals surface area contributed by atoms with Gasteiger partial charge in [0.05, 0.1) is 0 Å². The lowest BCUT2D eigenvalue weighted by atomic mass is 9.94. The van der Waals surface area contributed by atoms with Crippen LogP contribution >= 0.6 is 0 Å². The fourth-order valence-electron chi connectivity index (χ4n) is 2.38. The predicted molar refractivity (Wildman–Crippen MR) is 79.2 cm³/mol. The van der Waals surface area contributed by atoms with E-state index in [-0.39, 0.29) is 5.82 Å². The molecule has 1 aromatic carbocycles. The smallest absolute Gasteiger partial charge is 0.123 e. The fourth-order valence-corrected chi connectivity index (χ4v) is 2.38. The second-order valence-corrected chi connectivity index (χ2v) is 5.05. The predicted octanol–water partition coefficient (Wildman–Crippen LogP) is 2.89. The highest BCUT2D eigenvalue weighted by molar-refractivity contribution is 5.21. The van der Waals surface area contributed by atoms with Gasteiger partial charge in [0, 0.05) is 32.4 Å². The van der Waals surface area contributed by atoms with Gasteiger partial charge in [0.15, 0.2) is 0 Å². The molecule has 0 aliphatic carbocycles. The minimum atomic E-state index is -0.181. The first-order valence-corrected chi connectivity index (χ1v) is 7.13. The topological polar surface area (TPSA) is 29.9 Å². The third-order valence-electron chi connectivity index (χ3n) is 3.62. The van der Waals surface area contributed by atoms with Crippen molar-refractivity contribution in [2.24, 2.45) is 7.05 Å². The van der Waals surface area contributed by atoms with E-state index in [9.17, 15) is 4.39 Å². The summed E-state index contributed by atoms with van der Waals surface area (Å²) in [4.78, 5) is 4.36. The van der Waals surface area contributed by atoms with Gasteiger partial charge in [-0.3, -0.25) is 0 Å². The molecular formula is C16H22FN3. The Morgan fingerprint density at radius 3 is 2.65 bits per heavy atom. The van der Waals surface area contributed by atoms with Gasteiger partial charge in [0.1, 0.15) is 11.6 Å². The molecule has 0 amide bonds. The summed E-state index contributed by atoms with van der Waals surface area (Å²) in [5.74, 6) is 1.29. The fraction of sp³-hybridized carbons (Fsp3) is 0.438. The van der Waals surface area contributed by atoms with Crippen LogP contribution in [0.1, 0.15) is 30.7 Å². The van der Waals surface area contributed by atoms with Crippen LogP contribution in [0, 0.1) is 5.82 Å². The second-order valence-electron chi connectivity index (χ2n) is 5.05. The minimum absolute atomic E-state index is 0.181. The zero-order valence-corrected chi connectivity index (χ0v) is 12.1. The van der Waals surface area contributed by atoms with E-state index in [0.29, 0.717) is 5.92 Å². The van der Waals surface area contributed by atoms with Crippen molar-refractivity contribution in [3.63, 3.8) is 0 Å². The molecular weight excluding hydrogens is 253 g/mol. The van der Waals surface area contributed by atoms with E-state index in [1.54, 1.807) is 0 Å². The largest absolute Gasteiger partial charge is 0.338 e. The molecule has 1 atom stereocenters. The van der Waals surface area contributed by atoms with Crippen LogP contribution in [-0.2, 0) is 13.5 Å². The number of imidazole rings is 1. The Morgan fingerprint density at radius 1 is 1.30 bits per heavy atom. The van der Waals surface area contributed by atoms with Crippen LogP contribution < -0.4 is 5.32 Å². The first-order valence-electron chi connectivity index (χ1n) is 7.13. The van der Waals surface area contributed by atoms with E-state index < -0.39 is 0 Å². The summed E-state index contributed by atoms with van der Waals surface area (Å²) in [6.07, 6.45) is 5.72. The minimum Gasteiger partial charge on any atom is -0.338 e. The molecule has 0 fully saturated rings. The molecule has 2 aromatic rings. The zero-order chi connectivity index (χ0) is 14.4. The van der Waals surface area contributed by atoms with Gasteiger partial charge in [0.25, 0.3) is 0 Å². The molecule has 20 heavy (non-hydrogen) atoms. The Balaban J connectivity index is 2.03. The van der Waals surface area contributed by atoms with Crippen LogP contribution in [-0.4, -0.2) is 22.6 Å². The summed E-state index contributed by atoms with van der Waals surface area (Å²) in [6, 6.07) is 6.84. The summed E-state index contributed by atoms with van der Waals surface area (Å²) in [5.41, 5.74) is 1.18. The van der Waals surface area contributed by atoms with Crippen LogP contribution in [0.3, 0.4) is 0 Å². The molecule has 0 saturated heterocycles. The van der Waals surface area contributed by atoms with Crippen LogP contribution in [0.5, 0.6) is 0 Å². The number of nitrogens with one attached hydrogen (secondary N) is 1. The molecule has 0 aliphatic heterocycles. The lowest BCUT2D eigenvalue weighted by molar-refractivity contribution is 0.548. The van der Waals surface area contributed by atoms with Gasteiger partial charge in [-0.15, -0.1) is 0 Å². The molecule has 1 heterocycles. The van der Waals surface area contributed by atoms with Crippen LogP contribution in [0.4, 0.5) is 4.39 Å². The Hall–Kier alpha value is -1.68. The number of likely N-dealkylation sites (N-methyl/N-ethyl adjacent to an activating group) is 1. The summed E-state index contributed by atoms with van der Waals surface area (Å²) in [5, 5.41) is 3.39. The SMILES string of the molecule is CCNCC(CCc1nccn1C)c1ccc(F)cc1. The number of nitrogens with zero attached hydrogens (tertiary/aromatic N) is 2. The van der Waals surface area contributed by atoms with Crippen molar-refractivity contribution in [2.45, 2.75) is 25.7 Å². The van der Waals surface area contributed by atoms with E-state index in [1.807, 2.05) is 31.6 Å². The Morgan fingerprint density at radius 2 is 2.05 bits per heavy atom. The van der Waals surface area contributed by atoms with Crippen LogP contribution in [0.15, 0.2) is 36.7 Å². The number of aromatic nitrogens is 2. The molecule has 1 unspecified atom stereocenters. The number of hydrogen-bond donors (Lipinski definition) is 1. The first-order chi connectivity index (χ1) is 9.70. The van der Waals surface area contributed by atoms with Crippen molar-refractivity contribution in [3.8, 4) is 0 Å². The van der Waals surface area contributed by atoms with Gasteiger partial charge in [-0.05, 0) is 36.6 Å². The molecule has 0 saturated carbocycles. The maximum atomic E-state index is 13.0. The lowest BCUT2D eigenvalue weighted by Crippen LogP contribution is -2.22. The molecule has 0 bridgehead atoms. The normalized spacial score (nSPS) is 12.6. The summed E-state index contributed by atoms with van der Waals surface area (Å²) in [7, 11) is 2.01. The van der Waals surface area contributed by atoms with Crippen molar-refractivity contribution in [3.05, 3.63) is 53.9 Å². The zero-order valence-electron chi connectivity index (χ0n) is 12.1. The lowest BCUT2D eigenvalue weighted by Gasteiger charge is -2.17. The van der Waals surface area contributed by atoms with Crippen LogP contribution in [0.25, 0.3) is 0 Å². The highest BCUT2D eigenvalue weighted by Crippen LogP contribution is 2.21. The molecule has 4 heteroatoms. The van der Waals surface area contributed by atoms with Crippen molar-refractivity contribution in [2.75, 3.05) is 13.1 Å². The summed E-state index contributed by atoms with van der Waals surface area (Å²) >= 11 is 0. The van der Waals surface area contributed by atoms with Crippen LogP contribution in [0.2, 0.25) is 0 Å². The molecule has 3 nitrogen and oxygen atoms in total. The third kappa shape index (κ3) is 3.90. The van der Waals surface area contributed by atoms with E-state index in [4.69, 9.17) is 0 Å². The molecule has 1 N–H and O–H groups in total. The van der Waals surface area contributed by atoms with Gasteiger partial charge in [-0.2, -0.15) is 0 Å². The van der Waals surface area contributed by atoms with Gasteiger partial charge in [-0.25, -0.2) is 9.37 Å². The maximum absolute atomic E-state index is 13.0. The van der Waals surface area contributed by atoms with Gasteiger partial charge in [0.2, 0.25) is 0 Å². The molecule has 0 spiro atoms. The highest BCUT2D eigenvalue weighted by Gasteiger charge is 2.12. The number of rotatable bonds is 7. The third-order valence-corrected chi connectivity index (χ3v) is 3.62. The quantitative estimate of drug-likeness (QED) is 0.842. The van der Waals surface area contributed by atoms with Crippen molar-refractivity contribution in [1.82, 2.24) is 14.9 Å². The molecule has 0 radical (unpaired) electrons.